The molecular weight excluding hydrogens is 626 g/mol. The van der Waals surface area contributed by atoms with Crippen molar-refractivity contribution in [2.75, 3.05) is 12.4 Å². The maximum Gasteiger partial charge on any atom is 0.416 e. The van der Waals surface area contributed by atoms with Gasteiger partial charge in [-0.15, -0.1) is 0 Å². The predicted molar refractivity (Wildman–Crippen MR) is 164 cm³/mol. The molecule has 13 heteroatoms. The molecule has 1 aromatic heterocycles. The first-order valence-electron chi connectivity index (χ1n) is 14.9. The van der Waals surface area contributed by atoms with E-state index >= 15 is 0 Å². The number of aromatic nitrogens is 1. The van der Waals surface area contributed by atoms with Gasteiger partial charge in [-0.3, -0.25) is 14.4 Å². The maximum absolute atomic E-state index is 13.6. The van der Waals surface area contributed by atoms with E-state index in [4.69, 9.17) is 0 Å². The molecule has 2 unspecified atom stereocenters. The summed E-state index contributed by atoms with van der Waals surface area (Å²) in [6, 6.07) is 13.8. The molecule has 7 nitrogen and oxygen atoms in total. The molecule has 0 radical (unpaired) electrons. The average Bonchev–Trinajstić information content (AvgIpc) is 3.25. The van der Waals surface area contributed by atoms with Crippen LogP contribution in [0.25, 0.3) is 10.9 Å². The molecule has 2 N–H and O–H groups in total. The highest BCUT2D eigenvalue weighted by molar-refractivity contribution is 5.98. The van der Waals surface area contributed by atoms with Crippen LogP contribution in [0.1, 0.15) is 51.9 Å². The van der Waals surface area contributed by atoms with Gasteiger partial charge in [0, 0.05) is 54.9 Å². The molecule has 47 heavy (non-hydrogen) atoms. The molecule has 0 saturated heterocycles. The highest BCUT2D eigenvalue weighted by Gasteiger charge is 2.38. The van der Waals surface area contributed by atoms with Crippen LogP contribution in [0.2, 0.25) is 0 Å². The number of fused-ring (bicyclic) bond motifs is 2. The Kier molecular flexibility index (Phi) is 9.37. The van der Waals surface area contributed by atoms with Gasteiger partial charge < -0.3 is 20.1 Å². The lowest BCUT2D eigenvalue weighted by Gasteiger charge is -2.29. The second-order valence-electron chi connectivity index (χ2n) is 11.7. The number of halogens is 6. The van der Waals surface area contributed by atoms with Gasteiger partial charge >= 0.3 is 12.4 Å². The van der Waals surface area contributed by atoms with Crippen LogP contribution in [-0.2, 0) is 41.8 Å². The Morgan fingerprint density at radius 1 is 0.979 bits per heavy atom. The highest BCUT2D eigenvalue weighted by Crippen LogP contribution is 2.37. The number of amides is 3. The van der Waals surface area contributed by atoms with Gasteiger partial charge in [0.1, 0.15) is 6.04 Å². The average molecular weight is 659 g/mol. The summed E-state index contributed by atoms with van der Waals surface area (Å²) in [6.07, 6.45) is -7.53. The van der Waals surface area contributed by atoms with E-state index in [0.717, 1.165) is 26.9 Å². The SMILES string of the molecule is CN(C(=O)c1cc(C(F)(F)F)cc(C(F)(F)F)c1)C(CCC(=O)NC1CCc2ccccc2NC1=O)Cc1cn(C)c2ccccc12. The largest absolute Gasteiger partial charge is 0.416 e. The maximum atomic E-state index is 13.6. The monoisotopic (exact) mass is 658 g/mol. The van der Waals surface area contributed by atoms with E-state index in [0.29, 0.717) is 30.7 Å². The minimum absolute atomic E-state index is 0.0109. The van der Waals surface area contributed by atoms with Gasteiger partial charge in [0.05, 0.1) is 11.1 Å². The number of para-hydroxylation sites is 2. The molecule has 0 bridgehead atoms. The summed E-state index contributed by atoms with van der Waals surface area (Å²) in [5, 5.41) is 6.39. The van der Waals surface area contributed by atoms with Gasteiger partial charge in [-0.1, -0.05) is 36.4 Å². The summed E-state index contributed by atoms with van der Waals surface area (Å²) in [5.41, 5.74) is -0.744. The van der Waals surface area contributed by atoms with Crippen LogP contribution >= 0.6 is 0 Å². The van der Waals surface area contributed by atoms with Crippen molar-refractivity contribution in [1.29, 1.82) is 0 Å². The molecule has 0 saturated carbocycles. The van der Waals surface area contributed by atoms with Crippen molar-refractivity contribution in [2.24, 2.45) is 7.05 Å². The van der Waals surface area contributed by atoms with E-state index in [1.807, 2.05) is 54.2 Å². The van der Waals surface area contributed by atoms with Crippen LogP contribution in [0.5, 0.6) is 0 Å². The fourth-order valence-corrected chi connectivity index (χ4v) is 5.94. The molecule has 1 aliphatic rings. The van der Waals surface area contributed by atoms with Crippen LogP contribution < -0.4 is 10.6 Å². The number of anilines is 1. The number of benzene rings is 3. The fraction of sp³-hybridized carbons (Fsp3) is 0.324. The van der Waals surface area contributed by atoms with Crippen molar-refractivity contribution in [3.63, 3.8) is 0 Å². The number of nitrogens with zero attached hydrogens (tertiary/aromatic N) is 2. The van der Waals surface area contributed by atoms with Crippen molar-refractivity contribution >= 4 is 34.3 Å². The summed E-state index contributed by atoms with van der Waals surface area (Å²) in [4.78, 5) is 40.6. The highest BCUT2D eigenvalue weighted by atomic mass is 19.4. The van der Waals surface area contributed by atoms with Gasteiger partial charge in [-0.2, -0.15) is 26.3 Å². The molecule has 5 rings (SSSR count). The number of carbonyl (C=O) groups is 3. The summed E-state index contributed by atoms with van der Waals surface area (Å²) in [6.45, 7) is 0. The third-order valence-electron chi connectivity index (χ3n) is 8.47. The van der Waals surface area contributed by atoms with E-state index in [1.54, 1.807) is 12.1 Å². The quantitative estimate of drug-likeness (QED) is 0.206. The van der Waals surface area contributed by atoms with E-state index < -0.39 is 52.9 Å². The van der Waals surface area contributed by atoms with Gasteiger partial charge in [-0.05, 0) is 67.1 Å². The van der Waals surface area contributed by atoms with Gasteiger partial charge in [0.2, 0.25) is 11.8 Å². The Morgan fingerprint density at radius 3 is 2.30 bits per heavy atom. The smallest absolute Gasteiger partial charge is 0.350 e. The molecule has 0 spiro atoms. The standard InChI is InChI=1S/C34H32F6N4O3/c1-43-19-22(26-8-4-6-10-29(26)43)17-25(12-14-30(45)41-28-13-11-20-7-3-5-9-27(20)42-31(28)46)44(2)32(47)21-15-23(33(35,36)37)18-24(16-21)34(38,39)40/h3-10,15-16,18-19,25,28H,11-14,17H2,1-2H3,(H,41,45)(H,42,46). The molecule has 1 aliphatic heterocycles. The first-order chi connectivity index (χ1) is 22.1. The zero-order chi connectivity index (χ0) is 34.1. The second kappa shape index (κ2) is 13.1. The molecule has 2 heterocycles. The molecule has 248 valence electrons. The Hall–Kier alpha value is -4.81. The van der Waals surface area contributed by atoms with Gasteiger partial charge in [0.25, 0.3) is 5.91 Å². The predicted octanol–water partition coefficient (Wildman–Crippen LogP) is 6.75. The summed E-state index contributed by atoms with van der Waals surface area (Å²) in [7, 11) is 3.11. The number of nitrogens with one attached hydrogen (secondary N) is 2. The topological polar surface area (TPSA) is 83.4 Å². The van der Waals surface area contributed by atoms with Crippen LogP contribution in [0.4, 0.5) is 32.0 Å². The number of rotatable bonds is 8. The van der Waals surface area contributed by atoms with Crippen molar-refractivity contribution in [1.82, 2.24) is 14.8 Å². The number of alkyl halides is 6. The first kappa shape index (κ1) is 33.6. The van der Waals surface area contributed by atoms with E-state index in [2.05, 4.69) is 10.6 Å². The first-order valence-corrected chi connectivity index (χ1v) is 14.9. The molecule has 2 atom stereocenters. The van der Waals surface area contributed by atoms with Crippen LogP contribution in [-0.4, -0.2) is 46.3 Å². The Balaban J connectivity index is 1.39. The van der Waals surface area contributed by atoms with Crippen LogP contribution in [0.15, 0.2) is 72.9 Å². The zero-order valence-electron chi connectivity index (χ0n) is 25.5. The molecule has 3 amide bonds. The van der Waals surface area contributed by atoms with E-state index in [9.17, 15) is 40.7 Å². The van der Waals surface area contributed by atoms with Crippen LogP contribution in [0.3, 0.4) is 0 Å². The number of likely N-dealkylation sites (N-methyl/N-ethyl adjacent to an activating group) is 1. The molecule has 4 aromatic rings. The van der Waals surface area contributed by atoms with Crippen molar-refractivity contribution in [3.05, 3.63) is 101 Å². The lowest BCUT2D eigenvalue weighted by Crippen LogP contribution is -2.44. The molecule has 0 fully saturated rings. The summed E-state index contributed by atoms with van der Waals surface area (Å²) in [5.74, 6) is -1.93. The number of aryl methyl sites for hydroxylation is 2. The van der Waals surface area contributed by atoms with Crippen LogP contribution in [0, 0.1) is 0 Å². The Bertz CT molecular complexity index is 1780. The van der Waals surface area contributed by atoms with E-state index in [-0.39, 0.29) is 31.2 Å². The molecule has 0 aliphatic carbocycles. The summed E-state index contributed by atoms with van der Waals surface area (Å²) < 4.78 is 83.2. The number of hydrogen-bond acceptors (Lipinski definition) is 3. The minimum atomic E-state index is -5.12. The molecule has 3 aromatic carbocycles. The third kappa shape index (κ3) is 7.61. The van der Waals surface area contributed by atoms with Crippen molar-refractivity contribution in [2.45, 2.75) is 56.5 Å². The Morgan fingerprint density at radius 2 is 1.62 bits per heavy atom. The number of hydrogen-bond donors (Lipinski definition) is 2. The fourth-order valence-electron chi connectivity index (χ4n) is 5.94. The zero-order valence-corrected chi connectivity index (χ0v) is 25.5. The van der Waals surface area contributed by atoms with Crippen molar-refractivity contribution < 1.29 is 40.7 Å². The summed E-state index contributed by atoms with van der Waals surface area (Å²) >= 11 is 0. The van der Waals surface area contributed by atoms with Gasteiger partial charge in [-0.25, -0.2) is 0 Å². The van der Waals surface area contributed by atoms with E-state index in [1.165, 1.54) is 7.05 Å². The lowest BCUT2D eigenvalue weighted by molar-refractivity contribution is -0.143. The third-order valence-corrected chi connectivity index (χ3v) is 8.47. The Labute approximate surface area is 266 Å². The second-order valence-corrected chi connectivity index (χ2v) is 11.7. The number of carbonyl (C=O) groups excluding carboxylic acids is 3. The molecular formula is C34H32F6N4O3. The normalized spacial score (nSPS) is 15.8. The lowest BCUT2D eigenvalue weighted by atomic mass is 9.98. The minimum Gasteiger partial charge on any atom is -0.350 e. The van der Waals surface area contributed by atoms with Crippen molar-refractivity contribution in [3.8, 4) is 0 Å². The van der Waals surface area contributed by atoms with Gasteiger partial charge in [0.15, 0.2) is 0 Å².